The molecule has 0 aliphatic carbocycles. The van der Waals surface area contributed by atoms with E-state index in [1.165, 1.54) is 38.5 Å². The second-order valence-electron chi connectivity index (χ2n) is 7.07. The van der Waals surface area contributed by atoms with Crippen molar-refractivity contribution in [3.05, 3.63) is 12.2 Å². The maximum absolute atomic E-state index is 6.16. The molecule has 0 heterocycles. The Hall–Kier alpha value is -0.0831. The molecule has 0 fully saturated rings. The topological polar surface area (TPSA) is 9.23 Å². The van der Waals surface area contributed by atoms with Gasteiger partial charge in [0, 0.05) is 6.61 Å². The number of hydrogen-bond acceptors (Lipinski definition) is 1. The van der Waals surface area contributed by atoms with E-state index in [0.717, 1.165) is 13.0 Å². The SMILES string of the molecule is CCCCCC/C=C\CCCO[Si](C)(C)C(C)(C)C. The Morgan fingerprint density at radius 2 is 1.47 bits per heavy atom. The van der Waals surface area contributed by atoms with Crippen LogP contribution in [0.15, 0.2) is 12.2 Å². The van der Waals surface area contributed by atoms with Crippen LogP contribution in [0.3, 0.4) is 0 Å². The van der Waals surface area contributed by atoms with Crippen LogP contribution < -0.4 is 0 Å². The monoisotopic (exact) mass is 284 g/mol. The highest BCUT2D eigenvalue weighted by molar-refractivity contribution is 6.74. The van der Waals surface area contributed by atoms with Gasteiger partial charge in [-0.15, -0.1) is 0 Å². The third-order valence-electron chi connectivity index (χ3n) is 4.18. The lowest BCUT2D eigenvalue weighted by Crippen LogP contribution is -2.40. The summed E-state index contributed by atoms with van der Waals surface area (Å²) < 4.78 is 6.16. The van der Waals surface area contributed by atoms with Crippen LogP contribution in [0.1, 0.15) is 72.6 Å². The Morgan fingerprint density at radius 3 is 2.00 bits per heavy atom. The summed E-state index contributed by atoms with van der Waals surface area (Å²) in [6, 6.07) is 0. The number of unbranched alkanes of at least 4 members (excludes halogenated alkanes) is 5. The predicted molar refractivity (Wildman–Crippen MR) is 90.3 cm³/mol. The summed E-state index contributed by atoms with van der Waals surface area (Å²) in [5, 5.41) is 0.335. The van der Waals surface area contributed by atoms with Crippen molar-refractivity contribution in [1.82, 2.24) is 0 Å². The van der Waals surface area contributed by atoms with Crippen LogP contribution >= 0.6 is 0 Å². The second-order valence-corrected chi connectivity index (χ2v) is 11.9. The fraction of sp³-hybridized carbons (Fsp3) is 0.882. The van der Waals surface area contributed by atoms with E-state index in [1.54, 1.807) is 0 Å². The van der Waals surface area contributed by atoms with Gasteiger partial charge in [-0.1, -0.05) is 59.1 Å². The van der Waals surface area contributed by atoms with Gasteiger partial charge >= 0.3 is 0 Å². The van der Waals surface area contributed by atoms with Crippen molar-refractivity contribution in [3.8, 4) is 0 Å². The van der Waals surface area contributed by atoms with Crippen molar-refractivity contribution >= 4 is 8.32 Å². The third kappa shape index (κ3) is 9.45. The molecule has 1 nitrogen and oxygen atoms in total. The number of rotatable bonds is 10. The lowest BCUT2D eigenvalue weighted by Gasteiger charge is -2.36. The van der Waals surface area contributed by atoms with E-state index in [9.17, 15) is 0 Å². The van der Waals surface area contributed by atoms with Crippen molar-refractivity contribution in [2.45, 2.75) is 90.8 Å². The summed E-state index contributed by atoms with van der Waals surface area (Å²) in [6.45, 7) is 14.8. The van der Waals surface area contributed by atoms with Crippen LogP contribution in [-0.4, -0.2) is 14.9 Å². The van der Waals surface area contributed by atoms with E-state index in [0.29, 0.717) is 5.04 Å². The molecule has 0 spiro atoms. The molecule has 0 aromatic heterocycles. The highest BCUT2D eigenvalue weighted by Gasteiger charge is 2.36. The first-order valence-corrected chi connectivity index (χ1v) is 11.0. The molecule has 0 aliphatic heterocycles. The van der Waals surface area contributed by atoms with Crippen LogP contribution in [-0.2, 0) is 4.43 Å². The van der Waals surface area contributed by atoms with Gasteiger partial charge < -0.3 is 4.43 Å². The van der Waals surface area contributed by atoms with Crippen LogP contribution in [0.5, 0.6) is 0 Å². The molecule has 2 heteroatoms. The Kier molecular flexibility index (Phi) is 9.72. The summed E-state index contributed by atoms with van der Waals surface area (Å²) in [6.07, 6.45) is 13.7. The van der Waals surface area contributed by atoms with Crippen LogP contribution in [0, 0.1) is 0 Å². The maximum atomic E-state index is 6.16. The molecule has 114 valence electrons. The van der Waals surface area contributed by atoms with Crippen molar-refractivity contribution in [3.63, 3.8) is 0 Å². The summed E-state index contributed by atoms with van der Waals surface area (Å²) in [5.41, 5.74) is 0. The molecule has 0 rings (SSSR count). The Balaban J connectivity index is 3.52. The van der Waals surface area contributed by atoms with Gasteiger partial charge in [-0.05, 0) is 43.8 Å². The Morgan fingerprint density at radius 1 is 0.895 bits per heavy atom. The zero-order valence-electron chi connectivity index (χ0n) is 14.2. The molecule has 0 bridgehead atoms. The molecule has 0 aliphatic rings. The van der Waals surface area contributed by atoms with E-state index in [2.05, 4.69) is 52.9 Å². The van der Waals surface area contributed by atoms with Crippen molar-refractivity contribution < 1.29 is 4.43 Å². The average molecular weight is 285 g/mol. The smallest absolute Gasteiger partial charge is 0.191 e. The van der Waals surface area contributed by atoms with Gasteiger partial charge in [0.2, 0.25) is 0 Å². The van der Waals surface area contributed by atoms with Gasteiger partial charge in [0.15, 0.2) is 8.32 Å². The second kappa shape index (κ2) is 9.76. The molecule has 0 radical (unpaired) electrons. The van der Waals surface area contributed by atoms with Gasteiger partial charge in [-0.2, -0.15) is 0 Å². The standard InChI is InChI=1S/C17H36OSi/c1-7-8-9-10-11-12-13-14-15-16-18-19(5,6)17(2,3)4/h12-13H,7-11,14-16H2,1-6H3/b13-12-. The van der Waals surface area contributed by atoms with Crippen molar-refractivity contribution in [2.24, 2.45) is 0 Å². The normalized spacial score (nSPS) is 13.4. The summed E-state index contributed by atoms with van der Waals surface area (Å²) in [5.74, 6) is 0. The van der Waals surface area contributed by atoms with E-state index >= 15 is 0 Å². The predicted octanol–water partition coefficient (Wildman–Crippen LogP) is 6.32. The van der Waals surface area contributed by atoms with E-state index < -0.39 is 8.32 Å². The minimum Gasteiger partial charge on any atom is -0.417 e. The number of allylic oxidation sites excluding steroid dienone is 2. The summed E-state index contributed by atoms with van der Waals surface area (Å²) in [4.78, 5) is 0. The molecule has 0 amide bonds. The molecule has 0 aromatic carbocycles. The van der Waals surface area contributed by atoms with Crippen LogP contribution in [0.2, 0.25) is 18.1 Å². The minimum absolute atomic E-state index is 0.335. The molecule has 0 saturated carbocycles. The lowest BCUT2D eigenvalue weighted by atomic mass is 10.1. The van der Waals surface area contributed by atoms with Crippen molar-refractivity contribution in [2.75, 3.05) is 6.61 Å². The Labute approximate surface area is 123 Å². The maximum Gasteiger partial charge on any atom is 0.191 e. The minimum atomic E-state index is -1.52. The number of hydrogen-bond donors (Lipinski definition) is 0. The molecule has 0 saturated heterocycles. The quantitative estimate of drug-likeness (QED) is 0.259. The van der Waals surface area contributed by atoms with Gasteiger partial charge in [-0.3, -0.25) is 0 Å². The van der Waals surface area contributed by atoms with Crippen LogP contribution in [0.4, 0.5) is 0 Å². The Bertz CT molecular complexity index is 238. The highest BCUT2D eigenvalue weighted by atomic mass is 28.4. The first-order chi connectivity index (χ1) is 8.81. The third-order valence-corrected chi connectivity index (χ3v) is 8.71. The molecule has 19 heavy (non-hydrogen) atoms. The van der Waals surface area contributed by atoms with E-state index in [-0.39, 0.29) is 0 Å². The molecular weight excluding hydrogens is 248 g/mol. The fourth-order valence-electron chi connectivity index (χ4n) is 1.67. The average Bonchev–Trinajstić information content (AvgIpc) is 2.30. The first-order valence-electron chi connectivity index (χ1n) is 8.10. The summed E-state index contributed by atoms with van der Waals surface area (Å²) >= 11 is 0. The summed E-state index contributed by atoms with van der Waals surface area (Å²) in [7, 11) is -1.52. The fourth-order valence-corrected chi connectivity index (χ4v) is 2.76. The van der Waals surface area contributed by atoms with Gasteiger partial charge in [0.05, 0.1) is 0 Å². The molecule has 0 N–H and O–H groups in total. The van der Waals surface area contributed by atoms with Gasteiger partial charge in [0.25, 0.3) is 0 Å². The highest BCUT2D eigenvalue weighted by Crippen LogP contribution is 2.36. The largest absolute Gasteiger partial charge is 0.417 e. The molecular formula is C17H36OSi. The van der Waals surface area contributed by atoms with Crippen molar-refractivity contribution in [1.29, 1.82) is 0 Å². The van der Waals surface area contributed by atoms with Gasteiger partial charge in [0.1, 0.15) is 0 Å². The molecule has 0 atom stereocenters. The lowest BCUT2D eigenvalue weighted by molar-refractivity contribution is 0.283. The van der Waals surface area contributed by atoms with E-state index in [1.807, 2.05) is 0 Å². The molecule has 0 unspecified atom stereocenters. The zero-order chi connectivity index (χ0) is 14.8. The first kappa shape index (κ1) is 18.9. The molecule has 0 aromatic rings. The zero-order valence-corrected chi connectivity index (χ0v) is 15.2. The van der Waals surface area contributed by atoms with E-state index in [4.69, 9.17) is 4.43 Å². The van der Waals surface area contributed by atoms with Crippen LogP contribution in [0.25, 0.3) is 0 Å². The van der Waals surface area contributed by atoms with Gasteiger partial charge in [-0.25, -0.2) is 0 Å².